The van der Waals surface area contributed by atoms with E-state index in [-0.39, 0.29) is 6.10 Å². The van der Waals surface area contributed by atoms with Gasteiger partial charge in [-0.1, -0.05) is 45.8 Å². The van der Waals surface area contributed by atoms with Gasteiger partial charge in [-0.3, -0.25) is 0 Å². The summed E-state index contributed by atoms with van der Waals surface area (Å²) >= 11 is 14.8. The predicted molar refractivity (Wildman–Crippen MR) is 154 cm³/mol. The Morgan fingerprint density at radius 2 is 2.02 bits per heavy atom. The quantitative estimate of drug-likeness (QED) is 0.219. The molecule has 1 aliphatic heterocycles. The molecule has 1 saturated heterocycles. The number of ether oxygens (including phenoxy) is 1. The van der Waals surface area contributed by atoms with Crippen molar-refractivity contribution in [2.45, 2.75) is 57.3 Å². The van der Waals surface area contributed by atoms with Crippen LogP contribution in [0.4, 0.5) is 5.13 Å². The lowest BCUT2D eigenvalue weighted by molar-refractivity contribution is 0.0122. The lowest BCUT2D eigenvalue weighted by atomic mass is 10.0. The summed E-state index contributed by atoms with van der Waals surface area (Å²) in [6.45, 7) is 3.47. The number of tetrazole rings is 1. The molecule has 8 rings (SSSR count). The predicted octanol–water partition coefficient (Wildman–Crippen LogP) is 6.81. The number of hydrogen-bond donors (Lipinski definition) is 1. The van der Waals surface area contributed by atoms with E-state index in [1.807, 2.05) is 18.2 Å². The Hall–Kier alpha value is -3.05. The molecule has 0 spiro atoms. The van der Waals surface area contributed by atoms with Crippen LogP contribution in [0.3, 0.4) is 0 Å². The van der Waals surface area contributed by atoms with Gasteiger partial charge in [0.2, 0.25) is 5.82 Å². The molecule has 1 N–H and O–H groups in total. The summed E-state index contributed by atoms with van der Waals surface area (Å²) in [6, 6.07) is 10.1. The van der Waals surface area contributed by atoms with Gasteiger partial charge >= 0.3 is 0 Å². The van der Waals surface area contributed by atoms with E-state index in [4.69, 9.17) is 37.4 Å². The van der Waals surface area contributed by atoms with Crippen LogP contribution >= 0.6 is 34.5 Å². The summed E-state index contributed by atoms with van der Waals surface area (Å²) in [5.74, 6) is 2.36. The SMILES string of the molecule is Cc1cc(-c2nn[nH]n2)cc2sc(N3C[C@@H]4C[C@H]3C[C@H]4OCc3c(-c4c(Cl)cccc4Cl)noc3C3CC3)nc12. The summed E-state index contributed by atoms with van der Waals surface area (Å²) in [4.78, 5) is 7.51. The van der Waals surface area contributed by atoms with Gasteiger partial charge in [0, 0.05) is 41.1 Å². The molecule has 40 heavy (non-hydrogen) atoms. The number of aromatic nitrogens is 6. The molecule has 2 aromatic carbocycles. The third-order valence-electron chi connectivity index (χ3n) is 8.41. The lowest BCUT2D eigenvalue weighted by Gasteiger charge is -2.31. The summed E-state index contributed by atoms with van der Waals surface area (Å²) in [7, 11) is 0. The Balaban J connectivity index is 1.01. The average Bonchev–Trinajstić information content (AvgIpc) is 3.45. The van der Waals surface area contributed by atoms with Gasteiger partial charge in [0.15, 0.2) is 5.13 Å². The maximum Gasteiger partial charge on any atom is 0.204 e. The van der Waals surface area contributed by atoms with Gasteiger partial charge in [0.05, 0.1) is 33.0 Å². The highest BCUT2D eigenvalue weighted by Crippen LogP contribution is 2.48. The number of aromatic amines is 1. The summed E-state index contributed by atoms with van der Waals surface area (Å²) in [5, 5.41) is 21.1. The van der Waals surface area contributed by atoms with Gasteiger partial charge in [-0.2, -0.15) is 5.21 Å². The Bertz CT molecular complexity index is 1710. The second kappa shape index (κ2) is 9.51. The van der Waals surface area contributed by atoms with E-state index in [0.717, 1.165) is 70.0 Å². The number of fused-ring (bicyclic) bond motifs is 3. The molecule has 3 aliphatic rings. The molecule has 204 valence electrons. The van der Waals surface area contributed by atoms with Crippen LogP contribution in [0.15, 0.2) is 34.9 Å². The van der Waals surface area contributed by atoms with Crippen molar-refractivity contribution < 1.29 is 9.26 Å². The van der Waals surface area contributed by atoms with Gasteiger partial charge in [0.1, 0.15) is 11.5 Å². The second-order valence-corrected chi connectivity index (χ2v) is 12.8. The Kier molecular flexibility index (Phi) is 5.88. The number of halogens is 2. The molecule has 5 aromatic rings. The molecular weight excluding hydrogens is 569 g/mol. The monoisotopic (exact) mass is 593 g/mol. The highest BCUT2D eigenvalue weighted by atomic mass is 35.5. The van der Waals surface area contributed by atoms with Gasteiger partial charge in [-0.05, 0) is 67.6 Å². The smallest absolute Gasteiger partial charge is 0.204 e. The first-order valence-corrected chi connectivity index (χ1v) is 15.1. The molecular formula is C28H25Cl2N7O2S. The summed E-state index contributed by atoms with van der Waals surface area (Å²) in [6.07, 6.45) is 4.48. The number of nitrogens with one attached hydrogen (secondary N) is 1. The minimum absolute atomic E-state index is 0.179. The highest BCUT2D eigenvalue weighted by molar-refractivity contribution is 7.22. The van der Waals surface area contributed by atoms with Crippen molar-refractivity contribution >= 4 is 49.9 Å². The van der Waals surface area contributed by atoms with Crippen molar-refractivity contribution in [1.82, 2.24) is 30.8 Å². The van der Waals surface area contributed by atoms with E-state index in [1.54, 1.807) is 11.3 Å². The molecule has 2 saturated carbocycles. The Labute approximate surface area is 243 Å². The van der Waals surface area contributed by atoms with Crippen LogP contribution in [0, 0.1) is 12.8 Å². The first-order valence-electron chi connectivity index (χ1n) is 13.5. The maximum atomic E-state index is 6.61. The largest absolute Gasteiger partial charge is 0.373 e. The fourth-order valence-corrected chi connectivity index (χ4v) is 8.04. The molecule has 12 heteroatoms. The van der Waals surface area contributed by atoms with Crippen LogP contribution in [0.25, 0.3) is 32.9 Å². The van der Waals surface area contributed by atoms with E-state index in [0.29, 0.717) is 51.6 Å². The molecule has 9 nitrogen and oxygen atoms in total. The van der Waals surface area contributed by atoms with Crippen LogP contribution in [-0.4, -0.2) is 49.5 Å². The van der Waals surface area contributed by atoms with Gasteiger partial charge in [0.25, 0.3) is 0 Å². The third-order valence-corrected chi connectivity index (χ3v) is 10.1. The van der Waals surface area contributed by atoms with Crippen molar-refractivity contribution in [3.8, 4) is 22.6 Å². The fraction of sp³-hybridized carbons (Fsp3) is 0.393. The number of rotatable bonds is 7. The van der Waals surface area contributed by atoms with Gasteiger partial charge in [-0.25, -0.2) is 4.98 Å². The molecule has 3 aromatic heterocycles. The van der Waals surface area contributed by atoms with Crippen LogP contribution < -0.4 is 4.90 Å². The van der Waals surface area contributed by atoms with Gasteiger partial charge in [-0.15, -0.1) is 10.2 Å². The van der Waals surface area contributed by atoms with Crippen LogP contribution in [0.1, 0.15) is 48.5 Å². The molecule has 3 atom stereocenters. The standard InChI is InChI=1S/C28H25Cl2N7O2S/c1-13-7-15(27-32-35-36-33-27)9-22-24(13)31-28(40-22)37-11-16-8-17(37)10-21(16)38-12-18-25(34-39-26(18)14-5-6-14)23-19(29)3-2-4-20(23)30/h2-4,7,9,14,16-17,21H,5-6,8,10-12H2,1H3,(H,32,33,35,36)/t16-,17-,21+/m0/s1. The van der Waals surface area contributed by atoms with Gasteiger partial charge < -0.3 is 14.2 Å². The van der Waals surface area contributed by atoms with E-state index in [1.165, 1.54) is 0 Å². The summed E-state index contributed by atoms with van der Waals surface area (Å²) in [5.41, 5.74) is 5.49. The number of benzene rings is 2. The fourth-order valence-electron chi connectivity index (χ4n) is 6.30. The number of H-pyrrole nitrogens is 1. The van der Waals surface area contributed by atoms with Crippen LogP contribution in [0.5, 0.6) is 0 Å². The Morgan fingerprint density at radius 3 is 2.75 bits per heavy atom. The van der Waals surface area contributed by atoms with E-state index in [9.17, 15) is 0 Å². The first kappa shape index (κ1) is 24.7. The van der Waals surface area contributed by atoms with E-state index < -0.39 is 0 Å². The number of nitrogens with zero attached hydrogens (tertiary/aromatic N) is 6. The summed E-state index contributed by atoms with van der Waals surface area (Å²) < 4.78 is 13.6. The first-order chi connectivity index (χ1) is 19.5. The molecule has 0 radical (unpaired) electrons. The third kappa shape index (κ3) is 4.11. The number of aryl methyl sites for hydroxylation is 1. The normalized spacial score (nSPS) is 22.2. The molecule has 4 heterocycles. The molecule has 2 aliphatic carbocycles. The number of hydrogen-bond acceptors (Lipinski definition) is 9. The molecule has 0 unspecified atom stereocenters. The zero-order valence-corrected chi connectivity index (χ0v) is 23.9. The zero-order chi connectivity index (χ0) is 27.0. The van der Waals surface area contributed by atoms with Crippen molar-refractivity contribution in [2.24, 2.45) is 5.92 Å². The number of thiazole rings is 1. The minimum Gasteiger partial charge on any atom is -0.373 e. The lowest BCUT2D eigenvalue weighted by Crippen LogP contribution is -2.38. The van der Waals surface area contributed by atoms with Crippen molar-refractivity contribution in [1.29, 1.82) is 0 Å². The second-order valence-electron chi connectivity index (χ2n) is 11.0. The van der Waals surface area contributed by atoms with Crippen molar-refractivity contribution in [3.63, 3.8) is 0 Å². The minimum atomic E-state index is 0.179. The van der Waals surface area contributed by atoms with E-state index >= 15 is 0 Å². The number of anilines is 1. The van der Waals surface area contributed by atoms with Crippen LogP contribution in [0.2, 0.25) is 10.0 Å². The average molecular weight is 595 g/mol. The van der Waals surface area contributed by atoms with Crippen molar-refractivity contribution in [2.75, 3.05) is 11.4 Å². The molecule has 3 fully saturated rings. The maximum absolute atomic E-state index is 6.61. The topological polar surface area (TPSA) is 106 Å². The number of piperidine rings is 1. The van der Waals surface area contributed by atoms with Crippen molar-refractivity contribution in [3.05, 3.63) is 57.3 Å². The molecule has 0 amide bonds. The highest BCUT2D eigenvalue weighted by Gasteiger charge is 2.46. The van der Waals surface area contributed by atoms with E-state index in [2.05, 4.69) is 49.7 Å². The Morgan fingerprint density at radius 1 is 1.18 bits per heavy atom. The van der Waals surface area contributed by atoms with Crippen LogP contribution in [-0.2, 0) is 11.3 Å². The molecule has 2 bridgehead atoms. The zero-order valence-electron chi connectivity index (χ0n) is 21.6.